The van der Waals surface area contributed by atoms with Gasteiger partial charge in [-0.1, -0.05) is 6.07 Å². The van der Waals surface area contributed by atoms with Crippen molar-refractivity contribution >= 4 is 11.9 Å². The predicted molar refractivity (Wildman–Crippen MR) is 106 cm³/mol. The molecule has 0 aliphatic carbocycles. The Balaban J connectivity index is 0.000000360. The maximum absolute atomic E-state index is 12.7. The van der Waals surface area contributed by atoms with Crippen molar-refractivity contribution in [2.24, 2.45) is 11.8 Å². The second-order valence-corrected chi connectivity index (χ2v) is 8.32. The zero-order chi connectivity index (χ0) is 23.5. The fourth-order valence-corrected chi connectivity index (χ4v) is 4.15. The van der Waals surface area contributed by atoms with Crippen molar-refractivity contribution in [3.05, 3.63) is 23.8 Å². The highest BCUT2D eigenvalue weighted by Crippen LogP contribution is 2.36. The number of hydrogen-bond acceptors (Lipinski definition) is 6. The molecular formula is C21H27F3N2O6. The minimum absolute atomic E-state index is 0.00217. The first-order valence-corrected chi connectivity index (χ1v) is 10.4. The van der Waals surface area contributed by atoms with Crippen LogP contribution in [0.5, 0.6) is 11.5 Å². The monoisotopic (exact) mass is 460 g/mol. The van der Waals surface area contributed by atoms with Gasteiger partial charge in [0.2, 0.25) is 12.7 Å². The van der Waals surface area contributed by atoms with Crippen LogP contribution >= 0.6 is 0 Å². The molecule has 178 valence electrons. The van der Waals surface area contributed by atoms with E-state index in [1.807, 2.05) is 26.0 Å². The Morgan fingerprint density at radius 2 is 1.91 bits per heavy atom. The predicted octanol–water partition coefficient (Wildman–Crippen LogP) is 2.41. The Morgan fingerprint density at radius 1 is 1.22 bits per heavy atom. The Morgan fingerprint density at radius 3 is 2.56 bits per heavy atom. The van der Waals surface area contributed by atoms with Gasteiger partial charge in [-0.2, -0.15) is 13.2 Å². The largest absolute Gasteiger partial charge is 0.490 e. The first-order chi connectivity index (χ1) is 15.0. The number of nitrogens with zero attached hydrogens (tertiary/aromatic N) is 1. The van der Waals surface area contributed by atoms with Crippen molar-refractivity contribution in [2.45, 2.75) is 45.1 Å². The summed E-state index contributed by atoms with van der Waals surface area (Å²) in [6.45, 7) is 7.51. The molecule has 2 N–H and O–H groups in total. The number of alkyl halides is 3. The van der Waals surface area contributed by atoms with Gasteiger partial charge in [0.15, 0.2) is 11.5 Å². The highest BCUT2D eigenvalue weighted by Gasteiger charge is 2.44. The van der Waals surface area contributed by atoms with Crippen LogP contribution in [0.15, 0.2) is 18.2 Å². The molecule has 11 heteroatoms. The van der Waals surface area contributed by atoms with Crippen LogP contribution in [-0.4, -0.2) is 66.7 Å². The summed E-state index contributed by atoms with van der Waals surface area (Å²) in [4.78, 5) is 23.9. The summed E-state index contributed by atoms with van der Waals surface area (Å²) >= 11 is 0. The summed E-state index contributed by atoms with van der Waals surface area (Å²) in [5, 5.41) is 10.2. The van der Waals surface area contributed by atoms with Crippen LogP contribution in [0.4, 0.5) is 13.2 Å². The lowest BCUT2D eigenvalue weighted by Crippen LogP contribution is -2.53. The van der Waals surface area contributed by atoms with Crippen LogP contribution in [0.3, 0.4) is 0 Å². The van der Waals surface area contributed by atoms with Gasteiger partial charge in [-0.25, -0.2) is 4.79 Å². The number of likely N-dealkylation sites (tertiary alicyclic amines) is 1. The first kappa shape index (κ1) is 24.1. The average molecular weight is 460 g/mol. The standard InChI is InChI=1S/C19H26N2O4.C2HF3O2/c1-12(2)20-19(22)15-9-21(10-18-14(15)5-6-23-18)8-13-3-4-16-17(7-13)25-11-24-16;3-2(4,5)1(6)7/h3-4,7,12,14-15,18H,5-6,8-11H2,1-2H3,(H,20,22);(H,6,7)/t14-,15+,18+;/m0./s1. The molecule has 3 heterocycles. The number of benzene rings is 1. The third kappa shape index (κ3) is 6.04. The second kappa shape index (κ2) is 9.95. The van der Waals surface area contributed by atoms with Crippen LogP contribution in [0, 0.1) is 11.8 Å². The maximum Gasteiger partial charge on any atom is 0.490 e. The Labute approximate surface area is 183 Å². The van der Waals surface area contributed by atoms with E-state index in [-0.39, 0.29) is 30.8 Å². The number of ether oxygens (including phenoxy) is 3. The van der Waals surface area contributed by atoms with Crippen LogP contribution in [-0.2, 0) is 20.9 Å². The molecule has 1 aromatic rings. The van der Waals surface area contributed by atoms with E-state index in [0.717, 1.165) is 44.2 Å². The summed E-state index contributed by atoms with van der Waals surface area (Å²) in [5.41, 5.74) is 1.17. The van der Waals surface area contributed by atoms with E-state index in [0.29, 0.717) is 5.92 Å². The molecule has 1 amide bonds. The van der Waals surface area contributed by atoms with Crippen molar-refractivity contribution in [1.82, 2.24) is 10.2 Å². The smallest absolute Gasteiger partial charge is 0.475 e. The van der Waals surface area contributed by atoms with Gasteiger partial charge < -0.3 is 24.6 Å². The van der Waals surface area contributed by atoms with Crippen LogP contribution in [0.2, 0.25) is 0 Å². The molecular weight excluding hydrogens is 433 g/mol. The van der Waals surface area contributed by atoms with E-state index in [2.05, 4.69) is 16.3 Å². The molecule has 0 saturated carbocycles. The van der Waals surface area contributed by atoms with E-state index in [1.165, 1.54) is 5.56 Å². The van der Waals surface area contributed by atoms with Crippen molar-refractivity contribution < 1.29 is 42.1 Å². The zero-order valence-corrected chi connectivity index (χ0v) is 17.9. The van der Waals surface area contributed by atoms with Gasteiger partial charge in [0.25, 0.3) is 0 Å². The average Bonchev–Trinajstić information content (AvgIpc) is 3.35. The molecule has 3 aliphatic rings. The van der Waals surface area contributed by atoms with Gasteiger partial charge in [0, 0.05) is 38.2 Å². The fraction of sp³-hybridized carbons (Fsp3) is 0.619. The highest BCUT2D eigenvalue weighted by atomic mass is 19.4. The summed E-state index contributed by atoms with van der Waals surface area (Å²) in [5.74, 6) is -0.655. The number of carboxylic acid groups (broad SMARTS) is 1. The van der Waals surface area contributed by atoms with E-state index in [9.17, 15) is 18.0 Å². The molecule has 2 saturated heterocycles. The normalized spacial score (nSPS) is 24.5. The van der Waals surface area contributed by atoms with E-state index in [4.69, 9.17) is 24.1 Å². The molecule has 32 heavy (non-hydrogen) atoms. The maximum atomic E-state index is 12.7. The number of amides is 1. The summed E-state index contributed by atoms with van der Waals surface area (Å²) in [6, 6.07) is 6.22. The third-order valence-corrected chi connectivity index (χ3v) is 5.52. The minimum Gasteiger partial charge on any atom is -0.475 e. The van der Waals surface area contributed by atoms with E-state index in [1.54, 1.807) is 0 Å². The third-order valence-electron chi connectivity index (χ3n) is 5.52. The molecule has 0 aromatic heterocycles. The molecule has 8 nitrogen and oxygen atoms in total. The molecule has 0 unspecified atom stereocenters. The number of aliphatic carboxylic acids is 1. The van der Waals surface area contributed by atoms with E-state index >= 15 is 0 Å². The molecule has 2 fully saturated rings. The number of carboxylic acids is 1. The van der Waals surface area contributed by atoms with Gasteiger partial charge >= 0.3 is 12.1 Å². The van der Waals surface area contributed by atoms with E-state index < -0.39 is 12.1 Å². The zero-order valence-electron chi connectivity index (χ0n) is 17.9. The van der Waals surface area contributed by atoms with Crippen LogP contribution in [0.25, 0.3) is 0 Å². The quantitative estimate of drug-likeness (QED) is 0.712. The number of fused-ring (bicyclic) bond motifs is 2. The summed E-state index contributed by atoms with van der Waals surface area (Å²) < 4.78 is 48.5. The number of halogens is 3. The Bertz CT molecular complexity index is 832. The highest BCUT2D eigenvalue weighted by molar-refractivity contribution is 5.79. The Kier molecular flexibility index (Phi) is 7.50. The molecule has 0 spiro atoms. The lowest BCUT2D eigenvalue weighted by molar-refractivity contribution is -0.192. The van der Waals surface area contributed by atoms with Crippen molar-refractivity contribution in [1.29, 1.82) is 0 Å². The van der Waals surface area contributed by atoms with Crippen LogP contribution < -0.4 is 14.8 Å². The van der Waals surface area contributed by atoms with Crippen molar-refractivity contribution in [2.75, 3.05) is 26.5 Å². The Hall–Kier alpha value is -2.53. The molecule has 3 atom stereocenters. The molecule has 0 radical (unpaired) electrons. The number of piperidine rings is 1. The van der Waals surface area contributed by atoms with Gasteiger partial charge in [-0.3, -0.25) is 9.69 Å². The number of rotatable bonds is 4. The number of nitrogens with one attached hydrogen (secondary N) is 1. The molecule has 3 aliphatic heterocycles. The first-order valence-electron chi connectivity index (χ1n) is 10.4. The van der Waals surface area contributed by atoms with Gasteiger partial charge in [-0.05, 0) is 38.0 Å². The lowest BCUT2D eigenvalue weighted by Gasteiger charge is -2.39. The van der Waals surface area contributed by atoms with Crippen LogP contribution in [0.1, 0.15) is 25.8 Å². The van der Waals surface area contributed by atoms with Gasteiger partial charge in [0.1, 0.15) is 0 Å². The summed E-state index contributed by atoms with van der Waals surface area (Å²) in [6.07, 6.45) is -3.94. The molecule has 4 rings (SSSR count). The SMILES string of the molecule is CC(C)NC(=O)[C@@H]1CN(Cc2ccc3c(c2)OCO3)C[C@H]2OCC[C@H]21.O=C(O)C(F)(F)F. The topological polar surface area (TPSA) is 97.3 Å². The van der Waals surface area contributed by atoms with Gasteiger partial charge in [-0.15, -0.1) is 0 Å². The molecule has 0 bridgehead atoms. The van der Waals surface area contributed by atoms with Crippen molar-refractivity contribution in [3.63, 3.8) is 0 Å². The second-order valence-electron chi connectivity index (χ2n) is 8.32. The fourth-order valence-electron chi connectivity index (χ4n) is 4.15. The summed E-state index contributed by atoms with van der Waals surface area (Å²) in [7, 11) is 0. The number of hydrogen-bond donors (Lipinski definition) is 2. The molecule has 1 aromatic carbocycles. The lowest BCUT2D eigenvalue weighted by atomic mass is 9.82. The van der Waals surface area contributed by atoms with Gasteiger partial charge in [0.05, 0.1) is 12.0 Å². The minimum atomic E-state index is -5.08. The number of carbonyl (C=O) groups is 2. The van der Waals surface area contributed by atoms with Crippen molar-refractivity contribution in [3.8, 4) is 11.5 Å². The number of carbonyl (C=O) groups excluding carboxylic acids is 1.